The number of hydrazone groups is 1. The third-order valence-electron chi connectivity index (χ3n) is 4.14. The van der Waals surface area contributed by atoms with Gasteiger partial charge < -0.3 is 15.2 Å². The van der Waals surface area contributed by atoms with Crippen molar-refractivity contribution < 1.29 is 14.6 Å². The van der Waals surface area contributed by atoms with Gasteiger partial charge >= 0.3 is 11.7 Å². The van der Waals surface area contributed by atoms with Crippen molar-refractivity contribution in [1.82, 2.24) is 15.0 Å². The first kappa shape index (κ1) is 20.4. The molecular weight excluding hydrogens is 390 g/mol. The fraction of sp³-hybridized carbons (Fsp3) is 0.100. The van der Waals surface area contributed by atoms with Crippen molar-refractivity contribution >= 4 is 17.4 Å². The maximum atomic E-state index is 12.3. The van der Waals surface area contributed by atoms with Crippen LogP contribution in [0.25, 0.3) is 5.69 Å². The van der Waals surface area contributed by atoms with E-state index in [0.717, 1.165) is 4.57 Å². The third kappa shape index (κ3) is 4.38. The molecule has 0 aliphatic heterocycles. The van der Waals surface area contributed by atoms with Crippen LogP contribution < -0.4 is 26.7 Å². The van der Waals surface area contributed by atoms with E-state index in [1.54, 1.807) is 54.6 Å². The maximum absolute atomic E-state index is 12.3. The van der Waals surface area contributed by atoms with Crippen LogP contribution in [-0.4, -0.2) is 33.5 Å². The Hall–Kier alpha value is -4.34. The number of aromatic hydroxyl groups is 1. The number of carbonyl (C=O) groups excluding carboxylic acids is 1. The predicted octanol–water partition coefficient (Wildman–Crippen LogP) is 1.79. The minimum Gasteiger partial charge on any atom is -0.497 e. The zero-order valence-corrected chi connectivity index (χ0v) is 16.2. The van der Waals surface area contributed by atoms with Gasteiger partial charge in [-0.3, -0.25) is 9.78 Å². The molecule has 2 amide bonds. The highest BCUT2D eigenvalue weighted by Crippen LogP contribution is 2.19. The highest BCUT2D eigenvalue weighted by atomic mass is 16.5. The van der Waals surface area contributed by atoms with Gasteiger partial charge in [0.05, 0.1) is 18.5 Å². The molecule has 0 spiro atoms. The molecule has 1 aromatic heterocycles. The monoisotopic (exact) mass is 409 g/mol. The van der Waals surface area contributed by atoms with Crippen molar-refractivity contribution in [1.29, 1.82) is 0 Å². The van der Waals surface area contributed by atoms with E-state index in [2.05, 4.69) is 20.8 Å². The number of nitrogens with zero attached hydrogens (tertiary/aromatic N) is 2. The minimum absolute atomic E-state index is 0.000719. The van der Waals surface area contributed by atoms with Crippen LogP contribution in [-0.2, 0) is 0 Å². The minimum atomic E-state index is -0.839. The van der Waals surface area contributed by atoms with E-state index >= 15 is 0 Å². The van der Waals surface area contributed by atoms with E-state index in [1.165, 1.54) is 14.0 Å². The number of aromatic amines is 1. The standard InChI is InChI=1S/C20H19N5O5/c1-12(23-24-19(28)21-13-6-4-3-5-7-13)16-17(26)22-20(29)25(18(16)27)14-8-10-15(30-2)11-9-14/h3-11,27H,1-2H3,(H2,21,24,28)(H,22,26,29)/b23-12+. The van der Waals surface area contributed by atoms with Crippen LogP contribution in [0.4, 0.5) is 10.5 Å². The number of hydrogen-bond acceptors (Lipinski definition) is 6. The number of rotatable bonds is 5. The van der Waals surface area contributed by atoms with Gasteiger partial charge in [0.25, 0.3) is 5.56 Å². The number of benzene rings is 2. The smallest absolute Gasteiger partial charge is 0.339 e. The zero-order chi connectivity index (χ0) is 21.7. The first-order valence-corrected chi connectivity index (χ1v) is 8.80. The topological polar surface area (TPSA) is 138 Å². The molecule has 0 aliphatic carbocycles. The number of hydrogen-bond donors (Lipinski definition) is 4. The van der Waals surface area contributed by atoms with Crippen molar-refractivity contribution in [3.8, 4) is 17.3 Å². The highest BCUT2D eigenvalue weighted by molar-refractivity contribution is 6.01. The van der Waals surface area contributed by atoms with Gasteiger partial charge in [-0.15, -0.1) is 0 Å². The molecule has 0 atom stereocenters. The Bertz CT molecular complexity index is 1200. The lowest BCUT2D eigenvalue weighted by Gasteiger charge is -2.12. The van der Waals surface area contributed by atoms with Crippen molar-refractivity contribution in [3.05, 3.63) is 81.0 Å². The lowest BCUT2D eigenvalue weighted by Crippen LogP contribution is -2.33. The van der Waals surface area contributed by atoms with Crippen molar-refractivity contribution in [2.24, 2.45) is 5.10 Å². The molecule has 1 heterocycles. The molecule has 3 aromatic rings. The van der Waals surface area contributed by atoms with Gasteiger partial charge in [-0.25, -0.2) is 19.6 Å². The SMILES string of the molecule is COc1ccc(-n2c(O)c(/C(C)=N/NC(=O)Nc3ccccc3)c(=O)[nH]c2=O)cc1. The number of urea groups is 1. The first-order chi connectivity index (χ1) is 14.4. The number of anilines is 1. The average molecular weight is 409 g/mol. The lowest BCUT2D eigenvalue weighted by molar-refractivity contribution is 0.252. The van der Waals surface area contributed by atoms with Gasteiger partial charge in [-0.2, -0.15) is 5.10 Å². The molecule has 0 unspecified atom stereocenters. The number of nitrogens with one attached hydrogen (secondary N) is 3. The fourth-order valence-electron chi connectivity index (χ4n) is 2.69. The lowest BCUT2D eigenvalue weighted by atomic mass is 10.2. The van der Waals surface area contributed by atoms with Gasteiger partial charge in [-0.1, -0.05) is 18.2 Å². The highest BCUT2D eigenvalue weighted by Gasteiger charge is 2.18. The molecule has 3 rings (SSSR count). The number of aromatic nitrogens is 2. The predicted molar refractivity (Wildman–Crippen MR) is 112 cm³/mol. The van der Waals surface area contributed by atoms with Crippen LogP contribution in [0.15, 0.2) is 69.3 Å². The number of H-pyrrole nitrogens is 1. The third-order valence-corrected chi connectivity index (χ3v) is 4.14. The molecule has 0 saturated carbocycles. The summed E-state index contributed by atoms with van der Waals surface area (Å²) in [5, 5.41) is 17.0. The van der Waals surface area contributed by atoms with Crippen molar-refractivity contribution in [2.75, 3.05) is 12.4 Å². The largest absolute Gasteiger partial charge is 0.497 e. The Morgan fingerprint density at radius 1 is 1.10 bits per heavy atom. The summed E-state index contributed by atoms with van der Waals surface area (Å²) in [5.74, 6) is -0.0530. The summed E-state index contributed by atoms with van der Waals surface area (Å²) in [6.45, 7) is 1.41. The van der Waals surface area contributed by atoms with Gasteiger partial charge in [0, 0.05) is 5.69 Å². The molecule has 0 radical (unpaired) electrons. The van der Waals surface area contributed by atoms with Gasteiger partial charge in [0.15, 0.2) is 0 Å². The van der Waals surface area contributed by atoms with Crippen molar-refractivity contribution in [2.45, 2.75) is 6.92 Å². The van der Waals surface area contributed by atoms with Crippen LogP contribution in [0.5, 0.6) is 11.6 Å². The van der Waals surface area contributed by atoms with Crippen LogP contribution >= 0.6 is 0 Å². The van der Waals surface area contributed by atoms with E-state index < -0.39 is 23.2 Å². The van der Waals surface area contributed by atoms with Gasteiger partial charge in [-0.05, 0) is 43.3 Å². The molecule has 30 heavy (non-hydrogen) atoms. The summed E-state index contributed by atoms with van der Waals surface area (Å²) in [6, 6.07) is 14.3. The molecule has 0 fully saturated rings. The second-order valence-corrected chi connectivity index (χ2v) is 6.12. The molecule has 10 nitrogen and oxygen atoms in total. The Balaban J connectivity index is 1.90. The fourth-order valence-corrected chi connectivity index (χ4v) is 2.69. The summed E-state index contributed by atoms with van der Waals surface area (Å²) in [4.78, 5) is 38.6. The number of methoxy groups -OCH3 is 1. The zero-order valence-electron chi connectivity index (χ0n) is 16.2. The summed E-state index contributed by atoms with van der Waals surface area (Å²) in [6.07, 6.45) is 0. The van der Waals surface area contributed by atoms with Gasteiger partial charge in [0.2, 0.25) is 5.88 Å². The molecule has 154 valence electrons. The van der Waals surface area contributed by atoms with Gasteiger partial charge in [0.1, 0.15) is 11.3 Å². The number of ether oxygens (including phenoxy) is 1. The Morgan fingerprint density at radius 2 is 1.77 bits per heavy atom. The average Bonchev–Trinajstić information content (AvgIpc) is 2.73. The van der Waals surface area contributed by atoms with E-state index in [4.69, 9.17) is 4.74 Å². The molecule has 0 bridgehead atoms. The molecule has 2 aromatic carbocycles. The summed E-state index contributed by atoms with van der Waals surface area (Å²) < 4.78 is 5.99. The number of para-hydroxylation sites is 1. The second kappa shape index (κ2) is 8.78. The molecular formula is C20H19N5O5. The Kier molecular flexibility index (Phi) is 5.97. The molecule has 10 heteroatoms. The second-order valence-electron chi connectivity index (χ2n) is 6.12. The first-order valence-electron chi connectivity index (χ1n) is 8.80. The van der Waals surface area contributed by atoms with E-state index in [-0.39, 0.29) is 11.3 Å². The molecule has 4 N–H and O–H groups in total. The summed E-state index contributed by atoms with van der Waals surface area (Å²) in [5.41, 5.74) is 1.18. The normalized spacial score (nSPS) is 11.1. The van der Waals surface area contributed by atoms with Crippen molar-refractivity contribution in [3.63, 3.8) is 0 Å². The van der Waals surface area contributed by atoms with Crippen LogP contribution in [0.3, 0.4) is 0 Å². The number of carbonyl (C=O) groups is 1. The maximum Gasteiger partial charge on any atom is 0.339 e. The Labute approximate surface area is 170 Å². The van der Waals surface area contributed by atoms with Crippen LogP contribution in [0, 0.1) is 0 Å². The molecule has 0 aliphatic rings. The summed E-state index contributed by atoms with van der Waals surface area (Å²) >= 11 is 0. The Morgan fingerprint density at radius 3 is 2.40 bits per heavy atom. The van der Waals surface area contributed by atoms with E-state index in [0.29, 0.717) is 17.1 Å². The molecule has 0 saturated heterocycles. The number of amides is 2. The quantitative estimate of drug-likeness (QED) is 0.376. The summed E-state index contributed by atoms with van der Waals surface area (Å²) in [7, 11) is 1.50. The van der Waals surface area contributed by atoms with Crippen LogP contribution in [0.1, 0.15) is 12.5 Å². The van der Waals surface area contributed by atoms with Crippen LogP contribution in [0.2, 0.25) is 0 Å². The van der Waals surface area contributed by atoms with E-state index in [1.807, 2.05) is 0 Å². The van der Waals surface area contributed by atoms with E-state index in [9.17, 15) is 19.5 Å².